The van der Waals surface area contributed by atoms with Gasteiger partial charge >= 0.3 is 0 Å². The third kappa shape index (κ3) is 2.95. The minimum Gasteiger partial charge on any atom is -0.381 e. The first-order valence-electron chi connectivity index (χ1n) is 6.37. The molecule has 1 heterocycles. The van der Waals surface area contributed by atoms with Gasteiger partial charge in [0.2, 0.25) is 5.91 Å². The molecule has 1 aliphatic heterocycles. The zero-order valence-corrected chi connectivity index (χ0v) is 11.2. The summed E-state index contributed by atoms with van der Waals surface area (Å²) < 4.78 is 5.34. The van der Waals surface area contributed by atoms with Crippen LogP contribution in [-0.4, -0.2) is 42.7 Å². The molecule has 0 aromatic heterocycles. The van der Waals surface area contributed by atoms with E-state index in [1.807, 2.05) is 18.8 Å². The minimum atomic E-state index is -0.483. The van der Waals surface area contributed by atoms with Crippen LogP contribution < -0.4 is 11.1 Å². The van der Waals surface area contributed by atoms with Crippen LogP contribution >= 0.6 is 11.8 Å². The molecule has 0 aromatic carbocycles. The number of primary amides is 1. The van der Waals surface area contributed by atoms with Gasteiger partial charge < -0.3 is 15.8 Å². The fraction of sp³-hybridized carbons (Fsp3) is 0.917. The Balaban J connectivity index is 1.90. The van der Waals surface area contributed by atoms with Crippen LogP contribution in [0, 0.1) is 5.92 Å². The first-order chi connectivity index (χ1) is 8.19. The average molecular weight is 258 g/mol. The van der Waals surface area contributed by atoms with Gasteiger partial charge in [-0.1, -0.05) is 0 Å². The predicted molar refractivity (Wildman–Crippen MR) is 70.0 cm³/mol. The van der Waals surface area contributed by atoms with E-state index < -0.39 is 5.54 Å². The molecule has 1 amide bonds. The molecule has 5 heteroatoms. The molecular formula is C12H22N2O2S. The van der Waals surface area contributed by atoms with E-state index in [4.69, 9.17) is 10.5 Å². The minimum absolute atomic E-state index is 0.193. The van der Waals surface area contributed by atoms with Crippen molar-refractivity contribution in [1.82, 2.24) is 5.32 Å². The second kappa shape index (κ2) is 5.59. The number of carbonyl (C=O) groups excluding carboxylic acids is 1. The van der Waals surface area contributed by atoms with Crippen molar-refractivity contribution < 1.29 is 9.53 Å². The number of amides is 1. The maximum absolute atomic E-state index is 11.7. The molecule has 0 aromatic rings. The molecule has 1 aliphatic carbocycles. The topological polar surface area (TPSA) is 64.3 Å². The van der Waals surface area contributed by atoms with Crippen LogP contribution in [-0.2, 0) is 9.53 Å². The van der Waals surface area contributed by atoms with Crippen LogP contribution in [0.2, 0.25) is 0 Å². The van der Waals surface area contributed by atoms with Crippen molar-refractivity contribution in [1.29, 1.82) is 0 Å². The van der Waals surface area contributed by atoms with Crippen LogP contribution in [0.3, 0.4) is 0 Å². The van der Waals surface area contributed by atoms with Crippen LogP contribution in [0.1, 0.15) is 25.7 Å². The highest BCUT2D eigenvalue weighted by Gasteiger charge is 2.48. The lowest BCUT2D eigenvalue weighted by molar-refractivity contribution is -0.124. The molecule has 1 unspecified atom stereocenters. The fourth-order valence-electron chi connectivity index (χ4n) is 2.46. The highest BCUT2D eigenvalue weighted by molar-refractivity contribution is 8.00. The molecule has 2 rings (SSSR count). The van der Waals surface area contributed by atoms with E-state index in [2.05, 4.69) is 5.32 Å². The summed E-state index contributed by atoms with van der Waals surface area (Å²) in [5, 5.41) is 3.81. The monoisotopic (exact) mass is 258 g/mol. The van der Waals surface area contributed by atoms with Gasteiger partial charge in [0.1, 0.15) is 5.54 Å². The van der Waals surface area contributed by atoms with E-state index in [0.717, 1.165) is 44.6 Å². The lowest BCUT2D eigenvalue weighted by Gasteiger charge is -2.32. The van der Waals surface area contributed by atoms with Crippen LogP contribution in [0.5, 0.6) is 0 Å². The number of nitrogens with one attached hydrogen (secondary N) is 1. The zero-order valence-electron chi connectivity index (χ0n) is 10.4. The molecule has 98 valence electrons. The van der Waals surface area contributed by atoms with Gasteiger partial charge in [0, 0.05) is 24.2 Å². The molecule has 2 aliphatic rings. The average Bonchev–Trinajstić information content (AvgIpc) is 3.16. The number of ether oxygens (including phenoxy) is 1. The van der Waals surface area contributed by atoms with E-state index in [0.29, 0.717) is 11.2 Å². The Morgan fingerprint density at radius 2 is 2.06 bits per heavy atom. The van der Waals surface area contributed by atoms with Crippen molar-refractivity contribution >= 4 is 17.7 Å². The van der Waals surface area contributed by atoms with E-state index in [-0.39, 0.29) is 5.91 Å². The number of thioether (sulfide) groups is 1. The summed E-state index contributed by atoms with van der Waals surface area (Å²) >= 11 is 1.88. The van der Waals surface area contributed by atoms with Gasteiger partial charge in [-0.15, -0.1) is 0 Å². The molecule has 17 heavy (non-hydrogen) atoms. The molecule has 3 N–H and O–H groups in total. The van der Waals surface area contributed by atoms with Gasteiger partial charge in [-0.25, -0.2) is 0 Å². The van der Waals surface area contributed by atoms with Gasteiger partial charge in [-0.05, 0) is 38.6 Å². The normalized spacial score (nSPS) is 25.5. The molecule has 1 atom stereocenters. The Labute approximate surface area is 107 Å². The van der Waals surface area contributed by atoms with Crippen molar-refractivity contribution in [3.63, 3.8) is 0 Å². The maximum atomic E-state index is 11.7. The molecule has 0 spiro atoms. The largest absolute Gasteiger partial charge is 0.381 e. The van der Waals surface area contributed by atoms with Crippen LogP contribution in [0.4, 0.5) is 0 Å². The SMILES string of the molecule is CNC(CSC1CCOCC1)(C(N)=O)C1CC1. The Kier molecular flexibility index (Phi) is 4.33. The highest BCUT2D eigenvalue weighted by atomic mass is 32.2. The summed E-state index contributed by atoms with van der Waals surface area (Å²) in [4.78, 5) is 11.7. The second-order valence-corrected chi connectivity index (χ2v) is 6.27. The summed E-state index contributed by atoms with van der Waals surface area (Å²) in [6.45, 7) is 1.70. The van der Waals surface area contributed by atoms with E-state index >= 15 is 0 Å². The first kappa shape index (κ1) is 13.2. The van der Waals surface area contributed by atoms with Crippen LogP contribution in [0.15, 0.2) is 0 Å². The van der Waals surface area contributed by atoms with Crippen molar-refractivity contribution in [2.24, 2.45) is 11.7 Å². The summed E-state index contributed by atoms with van der Waals surface area (Å²) in [6.07, 6.45) is 4.43. The highest BCUT2D eigenvalue weighted by Crippen LogP contribution is 2.42. The standard InChI is InChI=1S/C12H22N2O2S/c1-14-12(11(13)15,9-2-3-9)8-17-10-4-6-16-7-5-10/h9-10,14H,2-8H2,1H3,(H2,13,15). The Morgan fingerprint density at radius 3 is 2.53 bits per heavy atom. The van der Waals surface area contributed by atoms with E-state index in [9.17, 15) is 4.79 Å². The zero-order chi connectivity index (χ0) is 12.3. The molecular weight excluding hydrogens is 236 g/mol. The predicted octanol–water partition coefficient (Wildman–Crippen LogP) is 0.752. The molecule has 1 saturated heterocycles. The van der Waals surface area contributed by atoms with Gasteiger partial charge in [0.25, 0.3) is 0 Å². The number of hydrogen-bond acceptors (Lipinski definition) is 4. The number of likely N-dealkylation sites (N-methyl/N-ethyl adjacent to an activating group) is 1. The number of rotatable bonds is 6. The maximum Gasteiger partial charge on any atom is 0.238 e. The Morgan fingerprint density at radius 1 is 1.41 bits per heavy atom. The fourth-order valence-corrected chi connectivity index (χ4v) is 4.00. The second-order valence-electron chi connectivity index (χ2n) is 4.98. The molecule has 2 fully saturated rings. The molecule has 4 nitrogen and oxygen atoms in total. The van der Waals surface area contributed by atoms with Crippen molar-refractivity contribution in [2.75, 3.05) is 26.0 Å². The van der Waals surface area contributed by atoms with Crippen molar-refractivity contribution in [2.45, 2.75) is 36.5 Å². The molecule has 0 bridgehead atoms. The van der Waals surface area contributed by atoms with E-state index in [1.54, 1.807) is 0 Å². The van der Waals surface area contributed by atoms with Gasteiger partial charge in [-0.3, -0.25) is 4.79 Å². The smallest absolute Gasteiger partial charge is 0.238 e. The third-order valence-corrected chi connectivity index (χ3v) is 5.44. The Hall–Kier alpha value is -0.260. The summed E-state index contributed by atoms with van der Waals surface area (Å²) in [7, 11) is 1.85. The van der Waals surface area contributed by atoms with E-state index in [1.165, 1.54) is 0 Å². The quantitative estimate of drug-likeness (QED) is 0.738. The van der Waals surface area contributed by atoms with Gasteiger partial charge in [-0.2, -0.15) is 11.8 Å². The third-order valence-electron chi connectivity index (χ3n) is 3.88. The van der Waals surface area contributed by atoms with Crippen molar-refractivity contribution in [3.8, 4) is 0 Å². The molecule has 1 saturated carbocycles. The summed E-state index contributed by atoms with van der Waals surface area (Å²) in [5.41, 5.74) is 5.12. The Bertz CT molecular complexity index is 278. The lowest BCUT2D eigenvalue weighted by Crippen LogP contribution is -2.58. The number of hydrogen-bond donors (Lipinski definition) is 2. The summed E-state index contributed by atoms with van der Waals surface area (Å²) in [5.74, 6) is 1.05. The lowest BCUT2D eigenvalue weighted by atomic mass is 9.95. The summed E-state index contributed by atoms with van der Waals surface area (Å²) in [6, 6.07) is 0. The van der Waals surface area contributed by atoms with Crippen molar-refractivity contribution in [3.05, 3.63) is 0 Å². The number of carbonyl (C=O) groups is 1. The van der Waals surface area contributed by atoms with Gasteiger partial charge in [0.05, 0.1) is 0 Å². The molecule has 0 radical (unpaired) electrons. The number of nitrogens with two attached hydrogens (primary N) is 1. The van der Waals surface area contributed by atoms with Gasteiger partial charge in [0.15, 0.2) is 0 Å². The first-order valence-corrected chi connectivity index (χ1v) is 7.42. The van der Waals surface area contributed by atoms with Crippen LogP contribution in [0.25, 0.3) is 0 Å².